The molecule has 0 aliphatic heterocycles. The number of carbonyl (C=O) groups excluding carboxylic acids is 2. The first-order valence-electron chi connectivity index (χ1n) is 8.54. The number of amides is 1. The number of hydrogen-bond acceptors (Lipinski definition) is 7. The summed E-state index contributed by atoms with van der Waals surface area (Å²) in [6.45, 7) is -0.789. The van der Waals surface area contributed by atoms with E-state index in [0.717, 1.165) is 22.7 Å². The molecule has 0 saturated heterocycles. The van der Waals surface area contributed by atoms with Crippen molar-refractivity contribution in [1.29, 1.82) is 0 Å². The second-order valence-electron chi connectivity index (χ2n) is 5.98. The van der Waals surface area contributed by atoms with Gasteiger partial charge in [-0.1, -0.05) is 12.1 Å². The minimum absolute atomic E-state index is 0.147. The van der Waals surface area contributed by atoms with Crippen LogP contribution in [0, 0.1) is 5.82 Å². The lowest BCUT2D eigenvalue weighted by molar-refractivity contribution is -0.142. The van der Waals surface area contributed by atoms with Crippen molar-refractivity contribution in [2.45, 2.75) is 0 Å². The molecule has 0 unspecified atom stereocenters. The van der Waals surface area contributed by atoms with Gasteiger partial charge in [-0.25, -0.2) is 23.0 Å². The topological polar surface area (TPSA) is 114 Å². The molecule has 1 amide bonds. The third kappa shape index (κ3) is 7.17. The van der Waals surface area contributed by atoms with Crippen molar-refractivity contribution in [3.8, 4) is 5.75 Å². The lowest BCUT2D eigenvalue weighted by Gasteiger charge is -2.21. The van der Waals surface area contributed by atoms with E-state index in [0.29, 0.717) is 11.3 Å². The predicted molar refractivity (Wildman–Crippen MR) is 108 cm³/mol. The summed E-state index contributed by atoms with van der Waals surface area (Å²) in [5.74, 6) is -1.36. The Kier molecular flexibility index (Phi) is 7.87. The maximum atomic E-state index is 13.1. The van der Waals surface area contributed by atoms with Gasteiger partial charge in [-0.2, -0.15) is 5.10 Å². The summed E-state index contributed by atoms with van der Waals surface area (Å²) in [5, 5.41) is 3.78. The molecule has 9 nitrogen and oxygen atoms in total. The van der Waals surface area contributed by atoms with Gasteiger partial charge in [0.1, 0.15) is 18.1 Å². The minimum Gasteiger partial charge on any atom is -0.482 e. The molecule has 30 heavy (non-hydrogen) atoms. The van der Waals surface area contributed by atoms with E-state index in [4.69, 9.17) is 4.74 Å². The Bertz CT molecular complexity index is 1020. The zero-order valence-corrected chi connectivity index (χ0v) is 17.1. The van der Waals surface area contributed by atoms with E-state index >= 15 is 0 Å². The molecule has 0 aliphatic rings. The van der Waals surface area contributed by atoms with E-state index < -0.39 is 34.3 Å². The summed E-state index contributed by atoms with van der Waals surface area (Å²) in [7, 11) is -2.53. The van der Waals surface area contributed by atoms with Crippen LogP contribution in [0.5, 0.6) is 5.75 Å². The van der Waals surface area contributed by atoms with Crippen molar-refractivity contribution in [2.75, 3.05) is 30.8 Å². The van der Waals surface area contributed by atoms with Gasteiger partial charge < -0.3 is 9.47 Å². The molecule has 160 valence electrons. The monoisotopic (exact) mass is 437 g/mol. The summed E-state index contributed by atoms with van der Waals surface area (Å²) < 4.78 is 47.6. The highest BCUT2D eigenvalue weighted by atomic mass is 32.2. The zero-order chi connectivity index (χ0) is 22.1. The quantitative estimate of drug-likeness (QED) is 0.359. The second kappa shape index (κ2) is 10.3. The molecule has 2 aromatic carbocycles. The van der Waals surface area contributed by atoms with Gasteiger partial charge in [0.15, 0.2) is 6.61 Å². The fourth-order valence-corrected chi connectivity index (χ4v) is 3.09. The molecule has 0 aromatic heterocycles. The molecule has 2 rings (SSSR count). The number of nitrogens with one attached hydrogen (secondary N) is 1. The number of carbonyl (C=O) groups is 2. The van der Waals surface area contributed by atoms with Crippen LogP contribution in [0.1, 0.15) is 5.56 Å². The number of benzene rings is 2. The minimum atomic E-state index is -3.78. The molecule has 0 aliphatic carbocycles. The maximum Gasteiger partial charge on any atom is 0.343 e. The van der Waals surface area contributed by atoms with Crippen molar-refractivity contribution < 1.29 is 31.9 Å². The lowest BCUT2D eigenvalue weighted by atomic mass is 10.2. The van der Waals surface area contributed by atoms with Gasteiger partial charge in [-0.15, -0.1) is 0 Å². The number of hydrazone groups is 1. The molecule has 2 aromatic rings. The number of hydrogen-bond donors (Lipinski definition) is 1. The third-order valence-electron chi connectivity index (χ3n) is 3.65. The average molecular weight is 437 g/mol. The Morgan fingerprint density at radius 1 is 1.20 bits per heavy atom. The first-order chi connectivity index (χ1) is 14.2. The van der Waals surface area contributed by atoms with Crippen LogP contribution in [-0.2, 0) is 24.3 Å². The number of ether oxygens (including phenoxy) is 2. The highest BCUT2D eigenvalue weighted by molar-refractivity contribution is 7.92. The molecule has 0 saturated carbocycles. The van der Waals surface area contributed by atoms with Crippen molar-refractivity contribution >= 4 is 33.8 Å². The Hall–Kier alpha value is -3.47. The Balaban J connectivity index is 1.99. The van der Waals surface area contributed by atoms with Gasteiger partial charge in [-0.05, 0) is 42.0 Å². The van der Waals surface area contributed by atoms with Gasteiger partial charge in [0, 0.05) is 0 Å². The number of anilines is 1. The van der Waals surface area contributed by atoms with Gasteiger partial charge in [0.25, 0.3) is 5.91 Å². The maximum absolute atomic E-state index is 13.1. The molecule has 11 heteroatoms. The van der Waals surface area contributed by atoms with Crippen LogP contribution >= 0.6 is 0 Å². The fourth-order valence-electron chi connectivity index (χ4n) is 2.24. The Labute approximate surface area is 173 Å². The van der Waals surface area contributed by atoms with Crippen LogP contribution in [0.2, 0.25) is 0 Å². The standard InChI is InChI=1S/C19H20FN3O6S/c1-28-19(25)13-29-17-5-3-4-14(10-17)11-21-22-18(24)12-23(30(2,26)27)16-8-6-15(20)7-9-16/h3-11H,12-13H2,1-2H3,(H,22,24)/b21-11-. The van der Waals surface area contributed by atoms with E-state index in [-0.39, 0.29) is 12.3 Å². The molecule has 0 atom stereocenters. The highest BCUT2D eigenvalue weighted by Crippen LogP contribution is 2.17. The number of halogens is 1. The highest BCUT2D eigenvalue weighted by Gasteiger charge is 2.20. The van der Waals surface area contributed by atoms with Crippen molar-refractivity contribution in [3.63, 3.8) is 0 Å². The van der Waals surface area contributed by atoms with Crippen LogP contribution in [0.15, 0.2) is 53.6 Å². The lowest BCUT2D eigenvalue weighted by Crippen LogP contribution is -2.39. The fraction of sp³-hybridized carbons (Fsp3) is 0.211. The molecule has 0 spiro atoms. The van der Waals surface area contributed by atoms with E-state index in [1.54, 1.807) is 24.3 Å². The van der Waals surface area contributed by atoms with Crippen molar-refractivity contribution in [3.05, 3.63) is 59.9 Å². The summed E-state index contributed by atoms with van der Waals surface area (Å²) in [5.41, 5.74) is 2.94. The predicted octanol–water partition coefficient (Wildman–Crippen LogP) is 1.29. The number of esters is 1. The number of methoxy groups -OCH3 is 1. The first-order valence-corrected chi connectivity index (χ1v) is 10.4. The molecule has 0 heterocycles. The van der Waals surface area contributed by atoms with Crippen LogP contribution < -0.4 is 14.5 Å². The van der Waals surface area contributed by atoms with E-state index in [1.807, 2.05) is 0 Å². The van der Waals surface area contributed by atoms with E-state index in [2.05, 4.69) is 15.3 Å². The van der Waals surface area contributed by atoms with Gasteiger partial charge in [0.05, 0.1) is 25.3 Å². The molecule has 0 fully saturated rings. The Morgan fingerprint density at radius 3 is 2.53 bits per heavy atom. The molecule has 0 radical (unpaired) electrons. The van der Waals surface area contributed by atoms with Crippen LogP contribution in [0.25, 0.3) is 0 Å². The van der Waals surface area contributed by atoms with Gasteiger partial charge in [-0.3, -0.25) is 9.10 Å². The van der Waals surface area contributed by atoms with Gasteiger partial charge in [0.2, 0.25) is 10.0 Å². The first kappa shape index (κ1) is 22.8. The van der Waals surface area contributed by atoms with Crippen LogP contribution in [0.3, 0.4) is 0 Å². The van der Waals surface area contributed by atoms with Crippen molar-refractivity contribution in [2.24, 2.45) is 5.10 Å². The summed E-state index contributed by atoms with van der Waals surface area (Å²) in [6.07, 6.45) is 2.26. The Morgan fingerprint density at radius 2 is 1.90 bits per heavy atom. The number of sulfonamides is 1. The molecular weight excluding hydrogens is 417 g/mol. The van der Waals surface area contributed by atoms with Crippen LogP contribution in [0.4, 0.5) is 10.1 Å². The molecular formula is C19H20FN3O6S. The average Bonchev–Trinajstić information content (AvgIpc) is 2.70. The normalized spacial score (nSPS) is 11.2. The van der Waals surface area contributed by atoms with E-state index in [1.165, 1.54) is 25.5 Å². The van der Waals surface area contributed by atoms with Crippen molar-refractivity contribution in [1.82, 2.24) is 5.43 Å². The third-order valence-corrected chi connectivity index (χ3v) is 4.79. The summed E-state index contributed by atoms with van der Waals surface area (Å²) >= 11 is 0. The summed E-state index contributed by atoms with van der Waals surface area (Å²) in [4.78, 5) is 23.2. The molecule has 1 N–H and O–H groups in total. The largest absolute Gasteiger partial charge is 0.482 e. The zero-order valence-electron chi connectivity index (χ0n) is 16.2. The smallest absolute Gasteiger partial charge is 0.343 e. The second-order valence-corrected chi connectivity index (χ2v) is 7.88. The van der Waals surface area contributed by atoms with E-state index in [9.17, 15) is 22.4 Å². The van der Waals surface area contributed by atoms with Gasteiger partial charge >= 0.3 is 5.97 Å². The molecule has 0 bridgehead atoms. The SMILES string of the molecule is COC(=O)COc1cccc(/C=N\NC(=O)CN(c2ccc(F)cc2)S(C)(=O)=O)c1. The summed E-state index contributed by atoms with van der Waals surface area (Å²) in [6, 6.07) is 11.3. The number of rotatable bonds is 9. The number of nitrogens with zero attached hydrogens (tertiary/aromatic N) is 2. The van der Waals surface area contributed by atoms with Crippen LogP contribution in [-0.4, -0.2) is 53.0 Å².